The highest BCUT2D eigenvalue weighted by Crippen LogP contribution is 2.37. The molecule has 0 atom stereocenters. The fraction of sp³-hybridized carbons (Fsp3) is 0.640. The summed E-state index contributed by atoms with van der Waals surface area (Å²) in [6.07, 6.45) is 4.06. The van der Waals surface area contributed by atoms with E-state index in [1.54, 1.807) is 18.5 Å². The van der Waals surface area contributed by atoms with Crippen LogP contribution >= 0.6 is 0 Å². The average molecular weight is 517 g/mol. The van der Waals surface area contributed by atoms with Crippen molar-refractivity contribution in [3.8, 4) is 0 Å². The normalized spacial score (nSPS) is 21.4. The molecule has 0 spiro atoms. The van der Waals surface area contributed by atoms with Gasteiger partial charge in [-0.1, -0.05) is 6.07 Å². The zero-order chi connectivity index (χ0) is 28.0. The summed E-state index contributed by atoms with van der Waals surface area (Å²) in [6.45, 7) is 21.2. The number of aromatic nitrogens is 3. The van der Waals surface area contributed by atoms with Gasteiger partial charge in [-0.05, 0) is 82.2 Å². The third-order valence-electron chi connectivity index (χ3n) is 6.98. The van der Waals surface area contributed by atoms with Crippen LogP contribution in [0, 0.1) is 5.95 Å². The molecule has 9 nitrogen and oxygen atoms in total. The fourth-order valence-electron chi connectivity index (χ4n) is 3.35. The summed E-state index contributed by atoms with van der Waals surface area (Å²) in [4.78, 5) is 15.5. The Bertz CT molecular complexity index is 1080. The molecule has 0 saturated carbocycles. The summed E-state index contributed by atoms with van der Waals surface area (Å²) in [7, 11) is -1.01. The van der Waals surface area contributed by atoms with Crippen LogP contribution in [0.3, 0.4) is 0 Å². The van der Waals surface area contributed by atoms with Crippen LogP contribution < -0.4 is 10.9 Å². The molecule has 2 aromatic rings. The van der Waals surface area contributed by atoms with Crippen LogP contribution in [0.15, 0.2) is 30.7 Å². The highest BCUT2D eigenvalue weighted by Gasteiger charge is 2.53. The molecule has 2 saturated heterocycles. The Balaban J connectivity index is 0.000000213. The van der Waals surface area contributed by atoms with Crippen molar-refractivity contribution in [2.24, 2.45) is 0 Å². The van der Waals surface area contributed by atoms with E-state index in [9.17, 15) is 9.18 Å². The summed E-state index contributed by atoms with van der Waals surface area (Å²) in [5, 5.41) is 4.02. The maximum atomic E-state index is 12.7. The van der Waals surface area contributed by atoms with Gasteiger partial charge in [0.15, 0.2) is 0 Å². The summed E-state index contributed by atoms with van der Waals surface area (Å²) < 4.78 is 42.5. The molecule has 4 heterocycles. The first-order chi connectivity index (χ1) is 16.7. The molecule has 0 unspecified atom stereocenters. The first kappa shape index (κ1) is 29.3. The number of hydrogen-bond acceptors (Lipinski definition) is 8. The Hall–Kier alpha value is -2.27. The molecule has 2 aliphatic heterocycles. The number of rotatable bonds is 2. The topological polar surface area (TPSA) is 93.9 Å². The van der Waals surface area contributed by atoms with E-state index in [1.807, 2.05) is 76.2 Å². The monoisotopic (exact) mass is 517 g/mol. The number of ether oxygens (including phenoxy) is 1. The Morgan fingerprint density at radius 3 is 1.70 bits per heavy atom. The first-order valence-electron chi connectivity index (χ1n) is 12.3. The number of nitrogens with zero attached hydrogens (tertiary/aromatic N) is 3. The molecular formula is C25H38B2FN3O6. The Morgan fingerprint density at radius 1 is 0.838 bits per heavy atom. The first-order valence-corrected chi connectivity index (χ1v) is 12.3. The van der Waals surface area contributed by atoms with Crippen LogP contribution in [0.4, 0.5) is 9.18 Å². The van der Waals surface area contributed by atoms with E-state index in [0.29, 0.717) is 5.46 Å². The van der Waals surface area contributed by atoms with Gasteiger partial charge >= 0.3 is 20.3 Å². The minimum absolute atomic E-state index is 0.383. The summed E-state index contributed by atoms with van der Waals surface area (Å²) in [5.41, 5.74) is -0.747. The molecule has 0 aliphatic carbocycles. The van der Waals surface area contributed by atoms with Gasteiger partial charge in [-0.15, -0.1) is 0 Å². The molecule has 4 rings (SSSR count). The fourth-order valence-corrected chi connectivity index (χ4v) is 3.35. The summed E-state index contributed by atoms with van der Waals surface area (Å²) in [5.74, 6) is -0.500. The van der Waals surface area contributed by atoms with Crippen molar-refractivity contribution >= 4 is 31.3 Å². The number of carbonyl (C=O) groups excluding carboxylic acids is 1. The smallest absolute Gasteiger partial charge is 0.442 e. The minimum atomic E-state index is -0.562. The maximum absolute atomic E-state index is 12.7. The zero-order valence-corrected chi connectivity index (χ0v) is 23.7. The van der Waals surface area contributed by atoms with Gasteiger partial charge in [-0.3, -0.25) is 0 Å². The van der Waals surface area contributed by atoms with Crippen molar-refractivity contribution in [1.82, 2.24) is 14.8 Å². The van der Waals surface area contributed by atoms with Gasteiger partial charge in [-0.2, -0.15) is 14.2 Å². The average Bonchev–Trinajstić information content (AvgIpc) is 3.35. The Kier molecular flexibility index (Phi) is 7.76. The van der Waals surface area contributed by atoms with Crippen LogP contribution in [0.2, 0.25) is 0 Å². The third kappa shape index (κ3) is 6.60. The summed E-state index contributed by atoms with van der Waals surface area (Å²) in [6, 6.07) is 2.94. The molecule has 0 N–H and O–H groups in total. The van der Waals surface area contributed by atoms with Crippen LogP contribution in [0.1, 0.15) is 76.2 Å². The number of hydrogen-bond donors (Lipinski definition) is 0. The van der Waals surface area contributed by atoms with E-state index in [2.05, 4.69) is 10.1 Å². The lowest BCUT2D eigenvalue weighted by molar-refractivity contribution is 0.00578. The van der Waals surface area contributed by atoms with Crippen molar-refractivity contribution < 1.29 is 32.5 Å². The lowest BCUT2D eigenvalue weighted by Crippen LogP contribution is -2.41. The Labute approximate surface area is 219 Å². The van der Waals surface area contributed by atoms with Crippen molar-refractivity contribution in [3.63, 3.8) is 0 Å². The molecule has 0 radical (unpaired) electrons. The van der Waals surface area contributed by atoms with Crippen molar-refractivity contribution in [2.45, 2.75) is 104 Å². The molecule has 202 valence electrons. The highest BCUT2D eigenvalue weighted by molar-refractivity contribution is 6.62. The molecule has 2 aromatic heterocycles. The second-order valence-electron chi connectivity index (χ2n) is 12.3. The third-order valence-corrected chi connectivity index (χ3v) is 6.98. The SMILES string of the molecule is CC(C)(C)OC(=O)n1cc(B2OC(C)(C)C(C)(C)O2)cn1.CC1(C)OB(c2ccc(F)nc2)OC1(C)C. The highest BCUT2D eigenvalue weighted by atomic mass is 19.1. The molecular weight excluding hydrogens is 479 g/mol. The van der Waals surface area contributed by atoms with E-state index in [1.165, 1.54) is 12.3 Å². The van der Waals surface area contributed by atoms with Crippen molar-refractivity contribution in [3.05, 3.63) is 36.7 Å². The number of pyridine rings is 1. The van der Waals surface area contributed by atoms with Crippen LogP contribution in [-0.4, -0.2) is 63.1 Å². The van der Waals surface area contributed by atoms with E-state index >= 15 is 0 Å². The molecule has 12 heteroatoms. The lowest BCUT2D eigenvalue weighted by atomic mass is 9.80. The quantitative estimate of drug-likeness (QED) is 0.442. The Morgan fingerprint density at radius 2 is 1.30 bits per heavy atom. The summed E-state index contributed by atoms with van der Waals surface area (Å²) >= 11 is 0. The molecule has 0 amide bonds. The maximum Gasteiger partial charge on any atom is 0.498 e. The molecule has 37 heavy (non-hydrogen) atoms. The minimum Gasteiger partial charge on any atom is -0.442 e. The van der Waals surface area contributed by atoms with Crippen molar-refractivity contribution in [1.29, 1.82) is 0 Å². The second kappa shape index (κ2) is 9.80. The van der Waals surface area contributed by atoms with Gasteiger partial charge < -0.3 is 23.4 Å². The van der Waals surface area contributed by atoms with Gasteiger partial charge in [0.05, 0.1) is 22.4 Å². The molecule has 2 aliphatic rings. The van der Waals surface area contributed by atoms with E-state index in [0.717, 1.165) is 10.1 Å². The lowest BCUT2D eigenvalue weighted by Gasteiger charge is -2.32. The second-order valence-corrected chi connectivity index (χ2v) is 12.3. The van der Waals surface area contributed by atoms with Gasteiger partial charge in [-0.25, -0.2) is 9.78 Å². The predicted octanol–water partition coefficient (Wildman–Crippen LogP) is 3.49. The van der Waals surface area contributed by atoms with Crippen LogP contribution in [-0.2, 0) is 23.4 Å². The standard InChI is InChI=1S/C14H23BN2O4.C11H15BFNO2/c1-12(2,3)19-11(18)17-9-10(8-16-17)15-20-13(4,5)14(6,7)21-15;1-10(2)11(3,4)16-12(15-10)8-5-6-9(13)14-7-8/h8-9H,1-7H3;5-7H,1-4H3. The largest absolute Gasteiger partial charge is 0.498 e. The van der Waals surface area contributed by atoms with E-state index in [4.69, 9.17) is 23.4 Å². The van der Waals surface area contributed by atoms with E-state index < -0.39 is 43.1 Å². The molecule has 0 bridgehead atoms. The number of halogens is 1. The van der Waals surface area contributed by atoms with Gasteiger partial charge in [0.25, 0.3) is 0 Å². The molecule has 2 fully saturated rings. The predicted molar refractivity (Wildman–Crippen MR) is 139 cm³/mol. The van der Waals surface area contributed by atoms with Gasteiger partial charge in [0.1, 0.15) is 5.60 Å². The van der Waals surface area contributed by atoms with Crippen LogP contribution in [0.5, 0.6) is 0 Å². The van der Waals surface area contributed by atoms with Gasteiger partial charge in [0.2, 0.25) is 5.95 Å². The van der Waals surface area contributed by atoms with Gasteiger partial charge in [0, 0.05) is 29.5 Å². The number of carbonyl (C=O) groups is 1. The van der Waals surface area contributed by atoms with Crippen LogP contribution in [0.25, 0.3) is 0 Å². The zero-order valence-electron chi connectivity index (χ0n) is 23.7. The van der Waals surface area contributed by atoms with E-state index in [-0.39, 0.29) is 11.2 Å². The molecule has 0 aromatic carbocycles. The van der Waals surface area contributed by atoms with Crippen molar-refractivity contribution in [2.75, 3.05) is 0 Å².